The second kappa shape index (κ2) is 6.38. The molecule has 0 unspecified atom stereocenters. The van der Waals surface area contributed by atoms with Crippen LogP contribution in [0.5, 0.6) is 0 Å². The van der Waals surface area contributed by atoms with E-state index in [0.29, 0.717) is 0 Å². The first-order valence-corrected chi connectivity index (χ1v) is 4.67. The van der Waals surface area contributed by atoms with Crippen LogP contribution in [0.25, 0.3) is 0 Å². The molecule has 0 amide bonds. The minimum Gasteiger partial charge on any atom is -0.313 e. The average Bonchev–Trinajstić information content (AvgIpc) is 2.19. The molecule has 2 nitrogen and oxygen atoms in total. The molecular formula is C11H16N2. The number of hydrogen-bond acceptors (Lipinski definition) is 2. The molecule has 0 aliphatic heterocycles. The zero-order chi connectivity index (χ0) is 9.36. The molecule has 0 atom stereocenters. The molecule has 0 saturated carbocycles. The van der Waals surface area contributed by atoms with Gasteiger partial charge in [-0.1, -0.05) is 30.3 Å². The number of hydrogen-bond donors (Lipinski definition) is 2. The number of benzene rings is 1. The summed E-state index contributed by atoms with van der Waals surface area (Å²) in [5.74, 6) is 0. The molecule has 0 aromatic heterocycles. The van der Waals surface area contributed by atoms with Crippen LogP contribution in [0.3, 0.4) is 0 Å². The minimum absolute atomic E-state index is 0.877. The van der Waals surface area contributed by atoms with Gasteiger partial charge in [-0.3, -0.25) is 0 Å². The van der Waals surface area contributed by atoms with Crippen LogP contribution in [0.1, 0.15) is 18.4 Å². The summed E-state index contributed by atoms with van der Waals surface area (Å²) < 4.78 is 0. The van der Waals surface area contributed by atoms with Gasteiger partial charge in [0.05, 0.1) is 0 Å². The highest BCUT2D eigenvalue weighted by molar-refractivity contribution is 5.52. The summed E-state index contributed by atoms with van der Waals surface area (Å²) in [6, 6.07) is 10.4. The summed E-state index contributed by atoms with van der Waals surface area (Å²) in [5, 5.41) is 10.2. The van der Waals surface area contributed by atoms with E-state index < -0.39 is 0 Å². The van der Waals surface area contributed by atoms with E-state index in [0.717, 1.165) is 25.9 Å². The maximum absolute atomic E-state index is 6.85. The Balaban J connectivity index is 2.10. The predicted octanol–water partition coefficient (Wildman–Crippen LogP) is 2.21. The van der Waals surface area contributed by atoms with Gasteiger partial charge in [0.15, 0.2) is 0 Å². The van der Waals surface area contributed by atoms with Crippen molar-refractivity contribution in [2.45, 2.75) is 19.4 Å². The Kier molecular flexibility index (Phi) is 4.87. The van der Waals surface area contributed by atoms with Crippen LogP contribution < -0.4 is 5.32 Å². The Labute approximate surface area is 79.5 Å². The zero-order valence-corrected chi connectivity index (χ0v) is 7.79. The van der Waals surface area contributed by atoms with Crippen molar-refractivity contribution in [3.8, 4) is 0 Å². The summed E-state index contributed by atoms with van der Waals surface area (Å²) >= 11 is 0. The first-order valence-electron chi connectivity index (χ1n) is 4.67. The van der Waals surface area contributed by atoms with E-state index in [-0.39, 0.29) is 0 Å². The average molecular weight is 176 g/mol. The molecule has 0 saturated heterocycles. The van der Waals surface area contributed by atoms with Crippen molar-refractivity contribution in [1.82, 2.24) is 5.32 Å². The largest absolute Gasteiger partial charge is 0.313 e. The third-order valence-electron chi connectivity index (χ3n) is 1.87. The van der Waals surface area contributed by atoms with Gasteiger partial charge in [0, 0.05) is 6.54 Å². The Morgan fingerprint density at radius 3 is 2.69 bits per heavy atom. The fourth-order valence-electron chi connectivity index (χ4n) is 1.16. The minimum atomic E-state index is 0.877. The molecule has 2 N–H and O–H groups in total. The van der Waals surface area contributed by atoms with E-state index in [1.165, 1.54) is 11.8 Å². The van der Waals surface area contributed by atoms with Gasteiger partial charge in [0.1, 0.15) is 0 Å². The fourth-order valence-corrected chi connectivity index (χ4v) is 1.16. The monoisotopic (exact) mass is 176 g/mol. The van der Waals surface area contributed by atoms with Crippen LogP contribution >= 0.6 is 0 Å². The van der Waals surface area contributed by atoms with Crippen LogP contribution in [0, 0.1) is 5.41 Å². The van der Waals surface area contributed by atoms with Crippen LogP contribution in [-0.4, -0.2) is 12.8 Å². The number of nitrogens with one attached hydrogen (secondary N) is 2. The van der Waals surface area contributed by atoms with Crippen LogP contribution in [0.4, 0.5) is 0 Å². The second-order valence-electron chi connectivity index (χ2n) is 3.01. The molecule has 1 rings (SSSR count). The first kappa shape index (κ1) is 9.93. The molecule has 70 valence electrons. The van der Waals surface area contributed by atoms with Crippen molar-refractivity contribution in [2.24, 2.45) is 0 Å². The first-order chi connectivity index (χ1) is 6.43. The van der Waals surface area contributed by atoms with Gasteiger partial charge >= 0.3 is 0 Å². The van der Waals surface area contributed by atoms with E-state index >= 15 is 0 Å². The topological polar surface area (TPSA) is 35.9 Å². The Morgan fingerprint density at radius 2 is 2.00 bits per heavy atom. The molecule has 13 heavy (non-hydrogen) atoms. The van der Waals surface area contributed by atoms with Gasteiger partial charge in [-0.25, -0.2) is 0 Å². The van der Waals surface area contributed by atoms with Crippen molar-refractivity contribution in [2.75, 3.05) is 6.54 Å². The highest BCUT2D eigenvalue weighted by Crippen LogP contribution is 1.96. The molecule has 2 heteroatoms. The summed E-state index contributed by atoms with van der Waals surface area (Å²) in [6.07, 6.45) is 3.39. The molecule has 1 aromatic carbocycles. The predicted molar refractivity (Wildman–Crippen MR) is 56.2 cm³/mol. The third kappa shape index (κ3) is 4.43. The van der Waals surface area contributed by atoms with Gasteiger partial charge < -0.3 is 10.7 Å². The summed E-state index contributed by atoms with van der Waals surface area (Å²) in [6.45, 7) is 1.92. The standard InChI is InChI=1S/C11H16N2/c12-8-4-5-9-13-10-11-6-2-1-3-7-11/h1-3,6-8,12-13H,4-5,9-10H2. The van der Waals surface area contributed by atoms with Gasteiger partial charge in [0.2, 0.25) is 0 Å². The molecule has 0 aliphatic rings. The zero-order valence-electron chi connectivity index (χ0n) is 7.79. The van der Waals surface area contributed by atoms with Crippen molar-refractivity contribution < 1.29 is 0 Å². The van der Waals surface area contributed by atoms with Gasteiger partial charge in [-0.05, 0) is 31.2 Å². The molecule has 0 fully saturated rings. The molecule has 0 heterocycles. The summed E-state index contributed by atoms with van der Waals surface area (Å²) in [7, 11) is 0. The van der Waals surface area contributed by atoms with Crippen LogP contribution in [0.2, 0.25) is 0 Å². The normalized spacial score (nSPS) is 9.85. The van der Waals surface area contributed by atoms with Crippen molar-refractivity contribution in [1.29, 1.82) is 5.41 Å². The summed E-state index contributed by atoms with van der Waals surface area (Å²) in [4.78, 5) is 0. The van der Waals surface area contributed by atoms with Crippen molar-refractivity contribution >= 4 is 6.21 Å². The lowest BCUT2D eigenvalue weighted by atomic mass is 10.2. The highest BCUT2D eigenvalue weighted by atomic mass is 14.8. The second-order valence-corrected chi connectivity index (χ2v) is 3.01. The van der Waals surface area contributed by atoms with Gasteiger partial charge in [-0.2, -0.15) is 0 Å². The quantitative estimate of drug-likeness (QED) is 0.506. The summed E-state index contributed by atoms with van der Waals surface area (Å²) in [5.41, 5.74) is 1.32. The van der Waals surface area contributed by atoms with Crippen molar-refractivity contribution in [3.05, 3.63) is 35.9 Å². The van der Waals surface area contributed by atoms with E-state index in [1.54, 1.807) is 0 Å². The van der Waals surface area contributed by atoms with Crippen LogP contribution in [0.15, 0.2) is 30.3 Å². The molecule has 0 bridgehead atoms. The lowest BCUT2D eigenvalue weighted by molar-refractivity contribution is 0.663. The molecular weight excluding hydrogens is 160 g/mol. The van der Waals surface area contributed by atoms with E-state index in [1.807, 2.05) is 6.07 Å². The molecule has 1 aromatic rings. The van der Waals surface area contributed by atoms with Gasteiger partial charge in [-0.15, -0.1) is 0 Å². The SMILES string of the molecule is N=CCCCNCc1ccccc1. The fraction of sp³-hybridized carbons (Fsp3) is 0.364. The lowest BCUT2D eigenvalue weighted by Crippen LogP contribution is -2.14. The Morgan fingerprint density at radius 1 is 1.23 bits per heavy atom. The highest BCUT2D eigenvalue weighted by Gasteiger charge is 1.89. The van der Waals surface area contributed by atoms with Crippen LogP contribution in [-0.2, 0) is 6.54 Å². The van der Waals surface area contributed by atoms with Gasteiger partial charge in [0.25, 0.3) is 0 Å². The van der Waals surface area contributed by atoms with E-state index in [9.17, 15) is 0 Å². The molecule has 0 aliphatic carbocycles. The maximum atomic E-state index is 6.85. The lowest BCUT2D eigenvalue weighted by Gasteiger charge is -2.02. The molecule has 0 radical (unpaired) electrons. The number of rotatable bonds is 6. The third-order valence-corrected chi connectivity index (χ3v) is 1.87. The van der Waals surface area contributed by atoms with Crippen molar-refractivity contribution in [3.63, 3.8) is 0 Å². The maximum Gasteiger partial charge on any atom is 0.0205 e. The Bertz CT molecular complexity index is 231. The Hall–Kier alpha value is -1.15. The van der Waals surface area contributed by atoms with E-state index in [4.69, 9.17) is 5.41 Å². The molecule has 0 spiro atoms. The smallest absolute Gasteiger partial charge is 0.0205 e. The number of unbranched alkanes of at least 4 members (excludes halogenated alkanes) is 1. The van der Waals surface area contributed by atoms with E-state index in [2.05, 4.69) is 29.6 Å².